The Morgan fingerprint density at radius 2 is 1.65 bits per heavy atom. The molecule has 0 radical (unpaired) electrons. The van der Waals surface area contributed by atoms with Crippen molar-refractivity contribution >= 4 is 29.5 Å². The minimum atomic E-state index is -0.878. The number of hydrogen-bond donors (Lipinski definition) is 1. The van der Waals surface area contributed by atoms with Gasteiger partial charge in [-0.05, 0) is 19.3 Å². The number of thioether (sulfide) groups is 1. The molecule has 5 rings (SSSR count). The Morgan fingerprint density at radius 1 is 0.975 bits per heavy atom. The molecule has 0 aliphatic carbocycles. The Balaban J connectivity index is 1.56. The molecule has 40 heavy (non-hydrogen) atoms. The maximum absolute atomic E-state index is 14.6. The molecule has 3 fully saturated rings. The quantitative estimate of drug-likeness (QED) is 0.419. The van der Waals surface area contributed by atoms with Crippen molar-refractivity contribution in [1.29, 1.82) is 0 Å². The van der Waals surface area contributed by atoms with Crippen LogP contribution < -0.4 is 0 Å². The van der Waals surface area contributed by atoms with Gasteiger partial charge in [-0.3, -0.25) is 19.3 Å². The highest BCUT2D eigenvalue weighted by Gasteiger charge is 2.74. The van der Waals surface area contributed by atoms with E-state index in [4.69, 9.17) is 4.74 Å². The molecule has 5 aliphatic heterocycles. The van der Waals surface area contributed by atoms with Crippen molar-refractivity contribution in [2.45, 2.75) is 62.1 Å². The van der Waals surface area contributed by atoms with Crippen molar-refractivity contribution in [3.63, 3.8) is 0 Å². The van der Waals surface area contributed by atoms with Crippen LogP contribution in [0, 0.1) is 17.8 Å². The van der Waals surface area contributed by atoms with Crippen molar-refractivity contribution in [2.24, 2.45) is 17.8 Å². The first kappa shape index (κ1) is 29.6. The zero-order chi connectivity index (χ0) is 28.7. The highest BCUT2D eigenvalue weighted by atomic mass is 32.2. The van der Waals surface area contributed by atoms with E-state index in [2.05, 4.69) is 37.0 Å². The first-order valence-corrected chi connectivity index (χ1v) is 15.9. The van der Waals surface area contributed by atoms with Crippen LogP contribution in [0.2, 0.25) is 0 Å². The second-order valence-corrected chi connectivity index (χ2v) is 14.0. The van der Waals surface area contributed by atoms with E-state index in [1.807, 2.05) is 29.7 Å². The third-order valence-electron chi connectivity index (χ3n) is 9.79. The van der Waals surface area contributed by atoms with Crippen LogP contribution >= 0.6 is 11.8 Å². The summed E-state index contributed by atoms with van der Waals surface area (Å²) in [6.07, 6.45) is 9.89. The van der Waals surface area contributed by atoms with E-state index in [1.165, 1.54) is 0 Å². The van der Waals surface area contributed by atoms with Crippen LogP contribution in [0.15, 0.2) is 24.3 Å². The number of carbonyl (C=O) groups is 3. The molecule has 1 unspecified atom stereocenters. The number of amides is 3. The van der Waals surface area contributed by atoms with Gasteiger partial charge in [0.05, 0.1) is 42.4 Å². The number of likely N-dealkylation sites (tertiary alicyclic amines) is 1. The number of rotatable bonds is 9. The first-order chi connectivity index (χ1) is 19.2. The molecule has 3 saturated heterocycles. The molecular formula is C30H46N4O5S. The Labute approximate surface area is 242 Å². The van der Waals surface area contributed by atoms with Crippen molar-refractivity contribution in [1.82, 2.24) is 19.6 Å². The zero-order valence-corrected chi connectivity index (χ0v) is 25.3. The summed E-state index contributed by atoms with van der Waals surface area (Å²) in [5.74, 6) is -1.49. The lowest BCUT2D eigenvalue weighted by Crippen LogP contribution is -2.58. The SMILES string of the molecule is CCCN1CC=C[C@@]2(C)S[C@]34C=CCN(CCN5CCOCC5)C(=O)C3N([C@@H](CO)[C@@H](C)CC)C(=O)[C@@H]4[C@H]2C1=O. The number of carbonyl (C=O) groups excluding carboxylic acids is 3. The average molecular weight is 575 g/mol. The van der Waals surface area contributed by atoms with Crippen LogP contribution in [-0.4, -0.2) is 130 Å². The Hall–Kier alpha value is -1.88. The summed E-state index contributed by atoms with van der Waals surface area (Å²) in [6, 6.07) is -1.26. The zero-order valence-electron chi connectivity index (χ0n) is 24.5. The molecule has 0 aromatic heterocycles. The first-order valence-electron chi connectivity index (χ1n) is 15.1. The second kappa shape index (κ2) is 11.8. The minimum absolute atomic E-state index is 0.00367. The average Bonchev–Trinajstić information content (AvgIpc) is 3.22. The summed E-state index contributed by atoms with van der Waals surface area (Å²) in [5.41, 5.74) is 0. The lowest BCUT2D eigenvalue weighted by molar-refractivity contribution is -0.148. The number of aliphatic hydroxyl groups is 1. The van der Waals surface area contributed by atoms with E-state index in [-0.39, 0.29) is 30.2 Å². The summed E-state index contributed by atoms with van der Waals surface area (Å²) in [7, 11) is 0. The Kier molecular flexibility index (Phi) is 8.72. The van der Waals surface area contributed by atoms with E-state index in [9.17, 15) is 19.5 Å². The van der Waals surface area contributed by atoms with Crippen molar-refractivity contribution in [3.8, 4) is 0 Å². The van der Waals surface area contributed by atoms with Gasteiger partial charge in [-0.25, -0.2) is 0 Å². The summed E-state index contributed by atoms with van der Waals surface area (Å²) < 4.78 is 4.00. The minimum Gasteiger partial charge on any atom is -0.394 e. The van der Waals surface area contributed by atoms with E-state index < -0.39 is 33.4 Å². The van der Waals surface area contributed by atoms with Gasteiger partial charge in [0, 0.05) is 50.6 Å². The number of fused-ring (bicyclic) bond motifs is 2. The topological polar surface area (TPSA) is 93.6 Å². The van der Waals surface area contributed by atoms with Crippen molar-refractivity contribution in [2.75, 3.05) is 65.6 Å². The van der Waals surface area contributed by atoms with Gasteiger partial charge in [-0.1, -0.05) is 51.5 Å². The van der Waals surface area contributed by atoms with Gasteiger partial charge in [0.25, 0.3) is 0 Å². The van der Waals surface area contributed by atoms with E-state index in [0.717, 1.165) is 32.5 Å². The van der Waals surface area contributed by atoms with Gasteiger partial charge < -0.3 is 24.5 Å². The number of aliphatic hydroxyl groups excluding tert-OH is 1. The number of hydrogen-bond acceptors (Lipinski definition) is 7. The fraction of sp³-hybridized carbons (Fsp3) is 0.767. The second-order valence-electron chi connectivity index (χ2n) is 12.2. The maximum Gasteiger partial charge on any atom is 0.247 e. The molecule has 1 spiro atoms. The smallest absolute Gasteiger partial charge is 0.247 e. The molecule has 0 bridgehead atoms. The summed E-state index contributed by atoms with van der Waals surface area (Å²) >= 11 is 1.62. The van der Waals surface area contributed by atoms with Gasteiger partial charge in [0.2, 0.25) is 17.7 Å². The number of nitrogens with zero attached hydrogens (tertiary/aromatic N) is 4. The Morgan fingerprint density at radius 3 is 2.30 bits per heavy atom. The molecular weight excluding hydrogens is 528 g/mol. The van der Waals surface area contributed by atoms with Gasteiger partial charge in [-0.2, -0.15) is 0 Å². The van der Waals surface area contributed by atoms with Crippen molar-refractivity contribution in [3.05, 3.63) is 24.3 Å². The normalized spacial score (nSPS) is 35.9. The van der Waals surface area contributed by atoms with Gasteiger partial charge >= 0.3 is 0 Å². The van der Waals surface area contributed by atoms with Crippen molar-refractivity contribution < 1.29 is 24.2 Å². The monoisotopic (exact) mass is 574 g/mol. The number of ether oxygens (including phenoxy) is 1. The van der Waals surface area contributed by atoms with Crippen LogP contribution in [0.25, 0.3) is 0 Å². The molecule has 1 N–H and O–H groups in total. The predicted octanol–water partition coefficient (Wildman–Crippen LogP) is 1.62. The third kappa shape index (κ3) is 4.82. The summed E-state index contributed by atoms with van der Waals surface area (Å²) in [4.78, 5) is 51.1. The predicted molar refractivity (Wildman–Crippen MR) is 156 cm³/mol. The van der Waals surface area contributed by atoms with Gasteiger partial charge in [0.15, 0.2) is 0 Å². The van der Waals surface area contributed by atoms with E-state index >= 15 is 0 Å². The molecule has 0 saturated carbocycles. The van der Waals surface area contributed by atoms with Crippen LogP contribution in [0.1, 0.15) is 40.5 Å². The van der Waals surface area contributed by atoms with Crippen LogP contribution in [0.5, 0.6) is 0 Å². The lowest BCUT2D eigenvalue weighted by atomic mass is 9.74. The largest absolute Gasteiger partial charge is 0.394 e. The highest BCUT2D eigenvalue weighted by molar-refractivity contribution is 8.02. The molecule has 0 aromatic carbocycles. The molecule has 5 heterocycles. The fourth-order valence-electron chi connectivity index (χ4n) is 7.49. The molecule has 3 amide bonds. The molecule has 10 heteroatoms. The maximum atomic E-state index is 14.6. The molecule has 222 valence electrons. The Bertz CT molecular complexity index is 1050. The molecule has 0 aromatic rings. The summed E-state index contributed by atoms with van der Waals surface area (Å²) in [6.45, 7) is 14.0. The highest BCUT2D eigenvalue weighted by Crippen LogP contribution is 2.66. The van der Waals surface area contributed by atoms with Gasteiger partial charge in [0.1, 0.15) is 6.04 Å². The van der Waals surface area contributed by atoms with E-state index in [1.54, 1.807) is 16.7 Å². The van der Waals surface area contributed by atoms with Crippen LogP contribution in [0.3, 0.4) is 0 Å². The summed E-state index contributed by atoms with van der Waals surface area (Å²) in [5, 5.41) is 10.6. The fourth-order valence-corrected chi connectivity index (χ4v) is 9.63. The van der Waals surface area contributed by atoms with E-state index in [0.29, 0.717) is 39.4 Å². The lowest BCUT2D eigenvalue weighted by Gasteiger charge is -2.41. The number of morpholine rings is 1. The van der Waals surface area contributed by atoms with Crippen LogP contribution in [0.4, 0.5) is 0 Å². The van der Waals surface area contributed by atoms with Gasteiger partial charge in [-0.15, -0.1) is 11.8 Å². The standard InChI is InChI=1S/C30H46N4O5S/c1-5-11-32-12-7-9-29(4)23(26(32)36)24-27(37)34(22(20-35)21(3)6-2)25-28(38)33(13-8-10-30(24,25)40-29)15-14-31-16-18-39-19-17-31/h7-10,21-25,35H,5-6,11-20H2,1-4H3/t21-,22-,23-,24-,25?,29+,30-/m0/s1. The molecule has 9 nitrogen and oxygen atoms in total. The third-order valence-corrected chi connectivity index (χ3v) is 11.6. The van der Waals surface area contributed by atoms with Crippen LogP contribution in [-0.2, 0) is 19.1 Å². The molecule has 5 aliphatic rings. The molecule has 7 atom stereocenters.